The van der Waals surface area contributed by atoms with Crippen LogP contribution in [0.3, 0.4) is 0 Å². The van der Waals surface area contributed by atoms with Gasteiger partial charge in [-0.1, -0.05) is 0 Å². The lowest BCUT2D eigenvalue weighted by molar-refractivity contribution is 0.532. The van der Waals surface area contributed by atoms with Crippen molar-refractivity contribution in [2.24, 2.45) is 0 Å². The van der Waals surface area contributed by atoms with E-state index >= 15 is 0 Å². The summed E-state index contributed by atoms with van der Waals surface area (Å²) >= 11 is 0. The van der Waals surface area contributed by atoms with Crippen LogP contribution in [-0.4, -0.2) is 17.2 Å². The molecule has 2 nitrogen and oxygen atoms in total. The first-order valence-corrected chi connectivity index (χ1v) is 5.66. The molecule has 0 saturated carbocycles. The lowest BCUT2D eigenvalue weighted by Crippen LogP contribution is -2.25. The number of rotatable bonds is 3. The Balaban J connectivity index is 2.04. The Morgan fingerprint density at radius 3 is 3.07 bits per heavy atom. The zero-order chi connectivity index (χ0) is 9.97. The molecule has 14 heavy (non-hydrogen) atoms. The average Bonchev–Trinajstić information content (AvgIpc) is 2.75. The van der Waals surface area contributed by atoms with Crippen molar-refractivity contribution in [2.75, 3.05) is 6.54 Å². The molecule has 1 unspecified atom stereocenters. The van der Waals surface area contributed by atoms with Crippen LogP contribution in [0.5, 0.6) is 0 Å². The van der Waals surface area contributed by atoms with E-state index in [4.69, 9.17) is 0 Å². The van der Waals surface area contributed by atoms with Crippen molar-refractivity contribution in [2.45, 2.75) is 45.2 Å². The fourth-order valence-corrected chi connectivity index (χ4v) is 2.29. The van der Waals surface area contributed by atoms with Gasteiger partial charge in [-0.25, -0.2) is 0 Å². The van der Waals surface area contributed by atoms with Crippen molar-refractivity contribution in [3.8, 4) is 0 Å². The number of hydrogen-bond acceptors (Lipinski definition) is 1. The molecule has 0 aliphatic carbocycles. The van der Waals surface area contributed by atoms with E-state index in [0.29, 0.717) is 12.1 Å². The van der Waals surface area contributed by atoms with Gasteiger partial charge in [0, 0.05) is 30.4 Å². The Labute approximate surface area is 86.3 Å². The van der Waals surface area contributed by atoms with E-state index in [1.54, 1.807) is 0 Å². The topological polar surface area (TPSA) is 17.0 Å². The van der Waals surface area contributed by atoms with Crippen LogP contribution in [0.25, 0.3) is 0 Å². The van der Waals surface area contributed by atoms with E-state index in [0.717, 1.165) is 0 Å². The van der Waals surface area contributed by atoms with Gasteiger partial charge in [0.05, 0.1) is 0 Å². The molecule has 78 valence electrons. The molecular formula is C12H20N2. The summed E-state index contributed by atoms with van der Waals surface area (Å²) in [5.74, 6) is 0. The Bertz CT molecular complexity index is 282. The van der Waals surface area contributed by atoms with Crippen molar-refractivity contribution >= 4 is 0 Å². The SMILES string of the molecule is CC(C)n1cccc1CC1CCCN1. The van der Waals surface area contributed by atoms with Crippen LogP contribution < -0.4 is 5.32 Å². The molecule has 1 aliphatic heterocycles. The normalized spacial score (nSPS) is 22.1. The van der Waals surface area contributed by atoms with E-state index in [1.165, 1.54) is 31.5 Å². The predicted octanol–water partition coefficient (Wildman–Crippen LogP) is 2.36. The maximum Gasteiger partial charge on any atom is 0.0276 e. The summed E-state index contributed by atoms with van der Waals surface area (Å²) in [7, 11) is 0. The van der Waals surface area contributed by atoms with Gasteiger partial charge >= 0.3 is 0 Å². The van der Waals surface area contributed by atoms with E-state index < -0.39 is 0 Å². The van der Waals surface area contributed by atoms with Crippen LogP contribution in [0.4, 0.5) is 0 Å². The van der Waals surface area contributed by atoms with E-state index in [-0.39, 0.29) is 0 Å². The van der Waals surface area contributed by atoms with Gasteiger partial charge < -0.3 is 9.88 Å². The summed E-state index contributed by atoms with van der Waals surface area (Å²) in [6.45, 7) is 5.68. The molecule has 2 rings (SSSR count). The molecule has 2 heteroatoms. The summed E-state index contributed by atoms with van der Waals surface area (Å²) in [5, 5.41) is 3.55. The highest BCUT2D eigenvalue weighted by Crippen LogP contribution is 2.16. The van der Waals surface area contributed by atoms with Crippen molar-refractivity contribution in [3.63, 3.8) is 0 Å². The molecule has 1 saturated heterocycles. The van der Waals surface area contributed by atoms with Crippen LogP contribution in [-0.2, 0) is 6.42 Å². The molecular weight excluding hydrogens is 172 g/mol. The van der Waals surface area contributed by atoms with Crippen molar-refractivity contribution in [3.05, 3.63) is 24.0 Å². The standard InChI is InChI=1S/C12H20N2/c1-10(2)14-8-4-6-12(14)9-11-5-3-7-13-11/h4,6,8,10-11,13H,3,5,7,9H2,1-2H3. The minimum absolute atomic E-state index is 0.585. The molecule has 1 N–H and O–H groups in total. The predicted molar refractivity (Wildman–Crippen MR) is 59.5 cm³/mol. The largest absolute Gasteiger partial charge is 0.349 e. The van der Waals surface area contributed by atoms with Crippen LogP contribution >= 0.6 is 0 Å². The first-order valence-electron chi connectivity index (χ1n) is 5.66. The number of hydrogen-bond donors (Lipinski definition) is 1. The lowest BCUT2D eigenvalue weighted by atomic mass is 10.1. The Morgan fingerprint density at radius 2 is 2.43 bits per heavy atom. The van der Waals surface area contributed by atoms with Crippen molar-refractivity contribution in [1.82, 2.24) is 9.88 Å². The first kappa shape index (κ1) is 9.78. The molecule has 1 aliphatic rings. The quantitative estimate of drug-likeness (QED) is 0.778. The Morgan fingerprint density at radius 1 is 1.57 bits per heavy atom. The average molecular weight is 192 g/mol. The van der Waals surface area contributed by atoms with Crippen molar-refractivity contribution < 1.29 is 0 Å². The highest BCUT2D eigenvalue weighted by Gasteiger charge is 2.16. The molecule has 0 radical (unpaired) electrons. The molecule has 1 fully saturated rings. The van der Waals surface area contributed by atoms with Crippen LogP contribution in [0.2, 0.25) is 0 Å². The van der Waals surface area contributed by atoms with Gasteiger partial charge in [0.25, 0.3) is 0 Å². The lowest BCUT2D eigenvalue weighted by Gasteiger charge is -2.16. The van der Waals surface area contributed by atoms with Gasteiger partial charge in [-0.05, 0) is 45.4 Å². The zero-order valence-corrected chi connectivity index (χ0v) is 9.16. The zero-order valence-electron chi connectivity index (χ0n) is 9.16. The van der Waals surface area contributed by atoms with Crippen LogP contribution in [0.1, 0.15) is 38.4 Å². The highest BCUT2D eigenvalue weighted by atomic mass is 15.0. The molecule has 1 atom stereocenters. The van der Waals surface area contributed by atoms with Crippen LogP contribution in [0.15, 0.2) is 18.3 Å². The molecule has 0 bridgehead atoms. The maximum absolute atomic E-state index is 3.55. The molecule has 0 aromatic carbocycles. The van der Waals surface area contributed by atoms with Gasteiger partial charge in [-0.15, -0.1) is 0 Å². The smallest absolute Gasteiger partial charge is 0.0276 e. The second-order valence-electron chi connectivity index (χ2n) is 4.50. The van der Waals surface area contributed by atoms with Crippen molar-refractivity contribution in [1.29, 1.82) is 0 Å². The third-order valence-electron chi connectivity index (χ3n) is 3.04. The third-order valence-corrected chi connectivity index (χ3v) is 3.04. The van der Waals surface area contributed by atoms with E-state index in [1.807, 2.05) is 0 Å². The molecule has 2 heterocycles. The van der Waals surface area contributed by atoms with Crippen LogP contribution in [0, 0.1) is 0 Å². The fourth-order valence-electron chi connectivity index (χ4n) is 2.29. The second kappa shape index (κ2) is 4.18. The summed E-state index contributed by atoms with van der Waals surface area (Å²) < 4.78 is 2.38. The van der Waals surface area contributed by atoms with Gasteiger partial charge in [-0.3, -0.25) is 0 Å². The van der Waals surface area contributed by atoms with Gasteiger partial charge in [-0.2, -0.15) is 0 Å². The van der Waals surface area contributed by atoms with E-state index in [9.17, 15) is 0 Å². The molecule has 0 amide bonds. The third kappa shape index (κ3) is 2.01. The summed E-state index contributed by atoms with van der Waals surface area (Å²) in [5.41, 5.74) is 1.47. The molecule has 1 aromatic rings. The van der Waals surface area contributed by atoms with E-state index in [2.05, 4.69) is 42.1 Å². The number of nitrogens with zero attached hydrogens (tertiary/aromatic N) is 1. The summed E-state index contributed by atoms with van der Waals surface area (Å²) in [6, 6.07) is 5.70. The second-order valence-corrected chi connectivity index (χ2v) is 4.50. The highest BCUT2D eigenvalue weighted by molar-refractivity contribution is 5.10. The molecule has 0 spiro atoms. The van der Waals surface area contributed by atoms with Gasteiger partial charge in [0.15, 0.2) is 0 Å². The fraction of sp³-hybridized carbons (Fsp3) is 0.667. The number of nitrogens with one attached hydrogen (secondary N) is 1. The first-order chi connectivity index (χ1) is 6.77. The summed E-state index contributed by atoms with van der Waals surface area (Å²) in [4.78, 5) is 0. The monoisotopic (exact) mass is 192 g/mol. The minimum Gasteiger partial charge on any atom is -0.349 e. The van der Waals surface area contributed by atoms with Gasteiger partial charge in [0.2, 0.25) is 0 Å². The van der Waals surface area contributed by atoms with Gasteiger partial charge in [0.1, 0.15) is 0 Å². The Kier molecular flexibility index (Phi) is 2.92. The minimum atomic E-state index is 0.585. The summed E-state index contributed by atoms with van der Waals surface area (Å²) in [6.07, 6.45) is 6.05. The number of aromatic nitrogens is 1. The maximum atomic E-state index is 3.55. The molecule has 1 aromatic heterocycles. The Hall–Kier alpha value is -0.760.